The maximum atomic E-state index is 4.82. The van der Waals surface area contributed by atoms with Gasteiger partial charge in [0.25, 0.3) is 0 Å². The molecule has 20 heavy (non-hydrogen) atoms. The van der Waals surface area contributed by atoms with Crippen molar-refractivity contribution >= 4 is 10.9 Å². The number of aromatic nitrogens is 1. The molecule has 2 heteroatoms. The van der Waals surface area contributed by atoms with Gasteiger partial charge in [0, 0.05) is 17.1 Å². The first-order valence-electron chi connectivity index (χ1n) is 7.96. The lowest BCUT2D eigenvalue weighted by molar-refractivity contribution is 0.169. The number of benzene rings is 1. The number of para-hydroxylation sites is 1. The third-order valence-electron chi connectivity index (χ3n) is 4.95. The Morgan fingerprint density at radius 3 is 2.60 bits per heavy atom. The molecule has 2 aliphatic carbocycles. The van der Waals surface area contributed by atoms with Crippen LogP contribution in [0.5, 0.6) is 0 Å². The molecule has 2 fully saturated rings. The van der Waals surface area contributed by atoms with E-state index in [0.717, 1.165) is 29.8 Å². The number of nitrogens with one attached hydrogen (secondary N) is 1. The molecule has 0 radical (unpaired) electrons. The zero-order valence-electron chi connectivity index (χ0n) is 11.9. The van der Waals surface area contributed by atoms with E-state index in [4.69, 9.17) is 4.98 Å². The van der Waals surface area contributed by atoms with E-state index in [-0.39, 0.29) is 0 Å². The SMILES string of the molecule is c1ccc2nc(CC3CCC3CNC3CC3)ccc2c1. The van der Waals surface area contributed by atoms with E-state index < -0.39 is 0 Å². The largest absolute Gasteiger partial charge is 0.314 e. The van der Waals surface area contributed by atoms with E-state index in [0.29, 0.717) is 0 Å². The molecule has 4 rings (SSSR count). The standard InChI is InChI=1S/C18H22N2/c1-2-4-18-13(3-1)7-8-17(20-18)11-14-5-6-15(14)12-19-16-9-10-16/h1-4,7-8,14-16,19H,5-6,9-12H2. The first kappa shape index (κ1) is 12.3. The van der Waals surface area contributed by atoms with Crippen molar-refractivity contribution < 1.29 is 0 Å². The molecule has 0 spiro atoms. The van der Waals surface area contributed by atoms with Crippen molar-refractivity contribution in [1.82, 2.24) is 10.3 Å². The van der Waals surface area contributed by atoms with Gasteiger partial charge in [-0.05, 0) is 62.6 Å². The Balaban J connectivity index is 1.41. The number of nitrogens with zero attached hydrogens (tertiary/aromatic N) is 1. The van der Waals surface area contributed by atoms with E-state index in [2.05, 4.69) is 41.7 Å². The second kappa shape index (κ2) is 5.17. The predicted octanol–water partition coefficient (Wildman–Crippen LogP) is 3.56. The minimum atomic E-state index is 0.843. The Kier molecular flexibility index (Phi) is 3.19. The molecule has 2 saturated carbocycles. The summed E-state index contributed by atoms with van der Waals surface area (Å²) in [5, 5.41) is 4.93. The van der Waals surface area contributed by atoms with Crippen molar-refractivity contribution in [2.75, 3.05) is 6.54 Å². The van der Waals surface area contributed by atoms with Gasteiger partial charge in [0.15, 0.2) is 0 Å². The number of hydrogen-bond donors (Lipinski definition) is 1. The first-order valence-corrected chi connectivity index (χ1v) is 7.96. The Hall–Kier alpha value is -1.41. The molecule has 0 bridgehead atoms. The maximum absolute atomic E-state index is 4.82. The van der Waals surface area contributed by atoms with Gasteiger partial charge in [-0.25, -0.2) is 0 Å². The zero-order valence-corrected chi connectivity index (χ0v) is 11.9. The Bertz CT molecular complexity index is 603. The minimum absolute atomic E-state index is 0.843. The molecular formula is C18H22N2. The molecule has 1 aromatic carbocycles. The molecule has 2 aromatic rings. The van der Waals surface area contributed by atoms with Gasteiger partial charge in [0.2, 0.25) is 0 Å². The van der Waals surface area contributed by atoms with Crippen LogP contribution in [0, 0.1) is 11.8 Å². The maximum Gasteiger partial charge on any atom is 0.0705 e. The average molecular weight is 266 g/mol. The van der Waals surface area contributed by atoms with Crippen molar-refractivity contribution in [2.24, 2.45) is 11.8 Å². The van der Waals surface area contributed by atoms with Crippen molar-refractivity contribution in [3.8, 4) is 0 Å². The molecule has 2 atom stereocenters. The summed E-state index contributed by atoms with van der Waals surface area (Å²) in [6, 6.07) is 13.7. The molecule has 2 nitrogen and oxygen atoms in total. The molecule has 2 aliphatic rings. The van der Waals surface area contributed by atoms with Crippen molar-refractivity contribution in [2.45, 2.75) is 38.1 Å². The van der Waals surface area contributed by atoms with Crippen molar-refractivity contribution in [1.29, 1.82) is 0 Å². The van der Waals surface area contributed by atoms with E-state index in [9.17, 15) is 0 Å². The molecule has 0 amide bonds. The first-order chi connectivity index (χ1) is 9.88. The van der Waals surface area contributed by atoms with Gasteiger partial charge in [-0.3, -0.25) is 4.98 Å². The van der Waals surface area contributed by atoms with Gasteiger partial charge < -0.3 is 5.32 Å². The fourth-order valence-electron chi connectivity index (χ4n) is 3.27. The van der Waals surface area contributed by atoms with Crippen LogP contribution in [0.3, 0.4) is 0 Å². The molecule has 104 valence electrons. The predicted molar refractivity (Wildman–Crippen MR) is 82.7 cm³/mol. The molecule has 1 N–H and O–H groups in total. The van der Waals surface area contributed by atoms with Crippen LogP contribution >= 0.6 is 0 Å². The lowest BCUT2D eigenvalue weighted by Crippen LogP contribution is -2.37. The second-order valence-corrected chi connectivity index (χ2v) is 6.48. The average Bonchev–Trinajstić information content (AvgIpc) is 3.28. The summed E-state index contributed by atoms with van der Waals surface area (Å²) < 4.78 is 0. The Labute approximate surface area is 120 Å². The highest BCUT2D eigenvalue weighted by atomic mass is 14.9. The number of fused-ring (bicyclic) bond motifs is 1. The van der Waals surface area contributed by atoms with Crippen LogP contribution in [0.1, 0.15) is 31.4 Å². The summed E-state index contributed by atoms with van der Waals surface area (Å²) in [6.45, 7) is 1.23. The Morgan fingerprint density at radius 1 is 0.950 bits per heavy atom. The van der Waals surface area contributed by atoms with Crippen molar-refractivity contribution in [3.63, 3.8) is 0 Å². The summed E-state index contributed by atoms with van der Waals surface area (Å²) in [7, 11) is 0. The van der Waals surface area contributed by atoms with E-state index in [1.165, 1.54) is 43.3 Å². The van der Waals surface area contributed by atoms with Crippen LogP contribution in [0.15, 0.2) is 36.4 Å². The fraction of sp³-hybridized carbons (Fsp3) is 0.500. The van der Waals surface area contributed by atoms with Gasteiger partial charge in [-0.15, -0.1) is 0 Å². The quantitative estimate of drug-likeness (QED) is 0.895. The minimum Gasteiger partial charge on any atom is -0.314 e. The Morgan fingerprint density at radius 2 is 1.80 bits per heavy atom. The van der Waals surface area contributed by atoms with E-state index in [1.54, 1.807) is 0 Å². The number of hydrogen-bond acceptors (Lipinski definition) is 2. The number of pyridine rings is 1. The summed E-state index contributed by atoms with van der Waals surface area (Å²) in [6.07, 6.45) is 6.72. The van der Waals surface area contributed by atoms with Crippen LogP contribution in [0.2, 0.25) is 0 Å². The fourth-order valence-corrected chi connectivity index (χ4v) is 3.27. The van der Waals surface area contributed by atoms with Gasteiger partial charge >= 0.3 is 0 Å². The van der Waals surface area contributed by atoms with Crippen molar-refractivity contribution in [3.05, 3.63) is 42.1 Å². The lowest BCUT2D eigenvalue weighted by atomic mass is 9.71. The molecule has 2 unspecified atom stereocenters. The zero-order chi connectivity index (χ0) is 13.4. The topological polar surface area (TPSA) is 24.9 Å². The summed E-state index contributed by atoms with van der Waals surface area (Å²) in [4.78, 5) is 4.82. The van der Waals surface area contributed by atoms with Gasteiger partial charge in [0.05, 0.1) is 5.52 Å². The van der Waals surface area contributed by atoms with Gasteiger partial charge in [0.1, 0.15) is 0 Å². The van der Waals surface area contributed by atoms with Crippen LogP contribution in [-0.4, -0.2) is 17.6 Å². The second-order valence-electron chi connectivity index (χ2n) is 6.48. The third-order valence-corrected chi connectivity index (χ3v) is 4.95. The van der Waals surface area contributed by atoms with Crippen LogP contribution in [-0.2, 0) is 6.42 Å². The molecule has 1 aromatic heterocycles. The summed E-state index contributed by atoms with van der Waals surface area (Å²) in [5.41, 5.74) is 2.40. The van der Waals surface area contributed by atoms with Crippen LogP contribution in [0.4, 0.5) is 0 Å². The van der Waals surface area contributed by atoms with Gasteiger partial charge in [-0.2, -0.15) is 0 Å². The smallest absolute Gasteiger partial charge is 0.0705 e. The summed E-state index contributed by atoms with van der Waals surface area (Å²) in [5.74, 6) is 1.72. The molecular weight excluding hydrogens is 244 g/mol. The molecule has 1 heterocycles. The normalized spacial score (nSPS) is 25.6. The van der Waals surface area contributed by atoms with Gasteiger partial charge in [-0.1, -0.05) is 24.3 Å². The van der Waals surface area contributed by atoms with Crippen LogP contribution < -0.4 is 5.32 Å². The number of rotatable bonds is 5. The third kappa shape index (κ3) is 2.57. The molecule has 0 saturated heterocycles. The van der Waals surface area contributed by atoms with Crippen LogP contribution in [0.25, 0.3) is 10.9 Å². The highest BCUT2D eigenvalue weighted by Gasteiger charge is 2.32. The lowest BCUT2D eigenvalue weighted by Gasteiger charge is -2.37. The van der Waals surface area contributed by atoms with E-state index >= 15 is 0 Å². The summed E-state index contributed by atoms with van der Waals surface area (Å²) >= 11 is 0. The highest BCUT2D eigenvalue weighted by molar-refractivity contribution is 5.78. The van der Waals surface area contributed by atoms with E-state index in [1.807, 2.05) is 0 Å². The monoisotopic (exact) mass is 266 g/mol. The highest BCUT2D eigenvalue weighted by Crippen LogP contribution is 2.36. The molecule has 0 aliphatic heterocycles.